The smallest absolute Gasteiger partial charge is 0.304 e. The Balaban J connectivity index is 1.78. The van der Waals surface area contributed by atoms with E-state index in [0.29, 0.717) is 0 Å². The van der Waals surface area contributed by atoms with Gasteiger partial charge < -0.3 is 10.4 Å². The molecule has 1 aromatic rings. The number of fused-ring (bicyclic) bond motifs is 1. The fourth-order valence-electron chi connectivity index (χ4n) is 4.88. The number of nitrogens with zero attached hydrogens (tertiary/aromatic N) is 1. The molecule has 5 heteroatoms. The fraction of sp³-hybridized carbons (Fsp3) is 0.652. The lowest BCUT2D eigenvalue weighted by molar-refractivity contribution is -0.145. The van der Waals surface area contributed by atoms with Crippen LogP contribution in [0.2, 0.25) is 0 Å². The normalized spacial score (nSPS) is 19.8. The lowest BCUT2D eigenvalue weighted by Crippen LogP contribution is -2.42. The molecule has 1 atom stereocenters. The van der Waals surface area contributed by atoms with Gasteiger partial charge in [0.05, 0.1) is 11.8 Å². The van der Waals surface area contributed by atoms with Crippen molar-refractivity contribution in [3.8, 4) is 0 Å². The molecular formula is C23H34N2O3. The molecule has 5 nitrogen and oxygen atoms in total. The number of hydrogen-bond donors (Lipinski definition) is 2. The van der Waals surface area contributed by atoms with Gasteiger partial charge in [0.15, 0.2) is 0 Å². The van der Waals surface area contributed by atoms with Crippen molar-refractivity contribution < 1.29 is 14.7 Å². The molecule has 2 aliphatic rings. The van der Waals surface area contributed by atoms with Crippen molar-refractivity contribution in [1.29, 1.82) is 0 Å². The molecular weight excluding hydrogens is 352 g/mol. The summed E-state index contributed by atoms with van der Waals surface area (Å²) in [6.45, 7) is 6.89. The van der Waals surface area contributed by atoms with Crippen LogP contribution in [-0.4, -0.2) is 28.4 Å². The highest BCUT2D eigenvalue weighted by atomic mass is 16.4. The summed E-state index contributed by atoms with van der Waals surface area (Å²) < 4.78 is 0. The Morgan fingerprint density at radius 3 is 2.64 bits per heavy atom. The number of carbonyl (C=O) groups excluding carboxylic acids is 1. The van der Waals surface area contributed by atoms with Gasteiger partial charge in [-0.3, -0.25) is 14.5 Å². The van der Waals surface area contributed by atoms with Crippen LogP contribution < -0.4 is 5.32 Å². The second-order valence-electron chi connectivity index (χ2n) is 8.78. The zero-order valence-corrected chi connectivity index (χ0v) is 17.3. The molecule has 0 bridgehead atoms. The number of nitrogens with one attached hydrogen (secondary N) is 1. The van der Waals surface area contributed by atoms with Gasteiger partial charge >= 0.3 is 5.97 Å². The third kappa shape index (κ3) is 4.57. The molecule has 2 N–H and O–H groups in total. The number of amides is 1. The second kappa shape index (κ2) is 9.08. The van der Waals surface area contributed by atoms with Gasteiger partial charge in [0.1, 0.15) is 0 Å². The molecule has 1 unspecified atom stereocenters. The quantitative estimate of drug-likeness (QED) is 0.673. The van der Waals surface area contributed by atoms with Crippen LogP contribution in [0.5, 0.6) is 0 Å². The third-order valence-corrected chi connectivity index (χ3v) is 6.67. The molecule has 1 aliphatic carbocycles. The number of carboxylic acid groups (broad SMARTS) is 1. The number of benzene rings is 1. The van der Waals surface area contributed by atoms with E-state index in [1.165, 1.54) is 30.4 Å². The monoisotopic (exact) mass is 386 g/mol. The molecule has 0 aromatic heterocycles. The van der Waals surface area contributed by atoms with Crippen LogP contribution in [-0.2, 0) is 22.7 Å². The summed E-state index contributed by atoms with van der Waals surface area (Å²) in [4.78, 5) is 27.3. The Labute approximate surface area is 168 Å². The molecule has 0 radical (unpaired) electrons. The average molecular weight is 387 g/mol. The van der Waals surface area contributed by atoms with Crippen molar-refractivity contribution in [2.45, 2.75) is 78.3 Å². The zero-order valence-electron chi connectivity index (χ0n) is 17.3. The van der Waals surface area contributed by atoms with Gasteiger partial charge in [-0.05, 0) is 55.8 Å². The van der Waals surface area contributed by atoms with Crippen LogP contribution in [0, 0.1) is 11.3 Å². The Bertz CT molecular complexity index is 712. The number of carbonyl (C=O) groups is 2. The molecule has 154 valence electrons. The van der Waals surface area contributed by atoms with E-state index in [1.807, 2.05) is 19.1 Å². The molecule has 0 saturated heterocycles. The van der Waals surface area contributed by atoms with Gasteiger partial charge in [-0.2, -0.15) is 0 Å². The van der Waals surface area contributed by atoms with Gasteiger partial charge in [-0.25, -0.2) is 0 Å². The minimum Gasteiger partial charge on any atom is -0.481 e. The SMILES string of the molecule is CCCCN1Cc2cccc(NC(=O)C(C)(CC(=O)O)C3CCCCC3)c2C1. The van der Waals surface area contributed by atoms with E-state index in [0.717, 1.165) is 51.0 Å². The van der Waals surface area contributed by atoms with Crippen molar-refractivity contribution in [2.75, 3.05) is 11.9 Å². The van der Waals surface area contributed by atoms with Crippen LogP contribution in [0.15, 0.2) is 18.2 Å². The second-order valence-corrected chi connectivity index (χ2v) is 8.78. The molecule has 1 saturated carbocycles. The van der Waals surface area contributed by atoms with Gasteiger partial charge in [0.25, 0.3) is 0 Å². The summed E-state index contributed by atoms with van der Waals surface area (Å²) in [5.74, 6) is -0.898. The molecule has 28 heavy (non-hydrogen) atoms. The molecule has 1 heterocycles. The third-order valence-electron chi connectivity index (χ3n) is 6.67. The Kier molecular flexibility index (Phi) is 6.76. The van der Waals surface area contributed by atoms with E-state index < -0.39 is 11.4 Å². The first-order valence-electron chi connectivity index (χ1n) is 10.8. The van der Waals surface area contributed by atoms with E-state index in [1.54, 1.807) is 0 Å². The summed E-state index contributed by atoms with van der Waals surface area (Å²) in [5, 5.41) is 12.6. The van der Waals surface area contributed by atoms with Gasteiger partial charge in [0, 0.05) is 18.8 Å². The van der Waals surface area contributed by atoms with Crippen molar-refractivity contribution in [2.24, 2.45) is 11.3 Å². The summed E-state index contributed by atoms with van der Waals surface area (Å²) in [6.07, 6.45) is 7.46. The molecule has 1 aromatic carbocycles. The van der Waals surface area contributed by atoms with Crippen molar-refractivity contribution in [3.63, 3.8) is 0 Å². The summed E-state index contributed by atoms with van der Waals surface area (Å²) >= 11 is 0. The van der Waals surface area contributed by atoms with Crippen LogP contribution in [0.1, 0.15) is 76.3 Å². The maximum Gasteiger partial charge on any atom is 0.304 e. The predicted molar refractivity (Wildman–Crippen MR) is 111 cm³/mol. The van der Waals surface area contributed by atoms with Crippen LogP contribution >= 0.6 is 0 Å². The number of unbranched alkanes of at least 4 members (excludes halogenated alkanes) is 1. The average Bonchev–Trinajstić information content (AvgIpc) is 3.10. The Morgan fingerprint density at radius 1 is 1.21 bits per heavy atom. The van der Waals surface area contributed by atoms with Crippen LogP contribution in [0.25, 0.3) is 0 Å². The largest absolute Gasteiger partial charge is 0.481 e. The number of anilines is 1. The Morgan fingerprint density at radius 2 is 1.96 bits per heavy atom. The van der Waals surface area contributed by atoms with E-state index in [-0.39, 0.29) is 18.2 Å². The molecule has 0 spiro atoms. The number of aliphatic carboxylic acids is 1. The van der Waals surface area contributed by atoms with Gasteiger partial charge in [-0.15, -0.1) is 0 Å². The van der Waals surface area contributed by atoms with Crippen LogP contribution in [0.3, 0.4) is 0 Å². The number of hydrogen-bond acceptors (Lipinski definition) is 3. The maximum absolute atomic E-state index is 13.3. The first-order valence-corrected chi connectivity index (χ1v) is 10.8. The van der Waals surface area contributed by atoms with Crippen molar-refractivity contribution in [1.82, 2.24) is 4.90 Å². The highest BCUT2D eigenvalue weighted by molar-refractivity contribution is 5.98. The van der Waals surface area contributed by atoms with Gasteiger partial charge in [-0.1, -0.05) is 44.7 Å². The van der Waals surface area contributed by atoms with Gasteiger partial charge in [0.2, 0.25) is 5.91 Å². The fourth-order valence-corrected chi connectivity index (χ4v) is 4.88. The molecule has 1 aliphatic heterocycles. The van der Waals surface area contributed by atoms with Crippen LogP contribution in [0.4, 0.5) is 5.69 Å². The summed E-state index contributed by atoms with van der Waals surface area (Å²) in [7, 11) is 0. The van der Waals surface area contributed by atoms with E-state index >= 15 is 0 Å². The minimum atomic E-state index is -0.896. The first kappa shape index (κ1) is 20.8. The zero-order chi connectivity index (χ0) is 20.1. The Hall–Kier alpha value is -1.88. The minimum absolute atomic E-state index is 0.110. The number of carboxylic acids is 1. The topological polar surface area (TPSA) is 69.6 Å². The van der Waals surface area contributed by atoms with Crippen molar-refractivity contribution >= 4 is 17.6 Å². The van der Waals surface area contributed by atoms with E-state index in [4.69, 9.17) is 0 Å². The molecule has 1 fully saturated rings. The number of rotatable bonds is 8. The molecule has 3 rings (SSSR count). The van der Waals surface area contributed by atoms with E-state index in [9.17, 15) is 14.7 Å². The van der Waals surface area contributed by atoms with E-state index in [2.05, 4.69) is 23.2 Å². The lowest BCUT2D eigenvalue weighted by atomic mass is 9.67. The first-order chi connectivity index (χ1) is 13.4. The highest BCUT2D eigenvalue weighted by Crippen LogP contribution is 2.42. The standard InChI is InChI=1S/C23H34N2O3/c1-3-4-13-25-15-17-9-8-12-20(19(17)16-25)24-22(28)23(2,14-21(26)27)18-10-6-5-7-11-18/h8-9,12,18H,3-7,10-11,13-16H2,1-2H3,(H,24,28)(H,26,27). The summed E-state index contributed by atoms with van der Waals surface area (Å²) in [6, 6.07) is 6.09. The highest BCUT2D eigenvalue weighted by Gasteiger charge is 2.43. The lowest BCUT2D eigenvalue weighted by Gasteiger charge is -2.37. The van der Waals surface area contributed by atoms with Crippen molar-refractivity contribution in [3.05, 3.63) is 29.3 Å². The maximum atomic E-state index is 13.3. The molecule has 1 amide bonds. The summed E-state index contributed by atoms with van der Waals surface area (Å²) in [5.41, 5.74) is 2.45. The predicted octanol–water partition coefficient (Wildman–Crippen LogP) is 4.80.